The van der Waals surface area contributed by atoms with Gasteiger partial charge in [0.2, 0.25) is 16.7 Å². The summed E-state index contributed by atoms with van der Waals surface area (Å²) < 4.78 is 68.2. The normalized spacial score (nSPS) is 12.1. The standard InChI is InChI=1S/C29H20N2O6S2.Na/c32-38(33,34)22-12-10-19(11-13-22)16-20-17-28-29(24-15-14-23(18-25(20)24)39(35,36)37)30-26-8-4-5-9-27(26)31(28)21-6-2-1-3-7-21;/h1-15,17-18H,16H2,(H-,32,33,34,35,36,37);/q;+1/p+1. The molecule has 2 N–H and O–H groups in total. The van der Waals surface area contributed by atoms with Gasteiger partial charge in [0.15, 0.2) is 0 Å². The van der Waals surface area contributed by atoms with Crippen molar-refractivity contribution in [3.8, 4) is 5.69 Å². The molecule has 8 nitrogen and oxygen atoms in total. The zero-order chi connectivity index (χ0) is 27.4. The number of aromatic nitrogens is 2. The zero-order valence-corrected chi connectivity index (χ0v) is 24.9. The summed E-state index contributed by atoms with van der Waals surface area (Å²) in [5.74, 6) is 0. The number of nitrogens with zero attached hydrogens (tertiary/aromatic N) is 2. The summed E-state index contributed by atoms with van der Waals surface area (Å²) in [5, 5.41) is 1.28. The smallest absolute Gasteiger partial charge is 0.282 e. The van der Waals surface area contributed by atoms with Crippen molar-refractivity contribution in [1.29, 1.82) is 0 Å². The van der Waals surface area contributed by atoms with E-state index in [2.05, 4.69) is 4.57 Å². The molecule has 40 heavy (non-hydrogen) atoms. The van der Waals surface area contributed by atoms with Gasteiger partial charge in [0, 0.05) is 29.7 Å². The summed E-state index contributed by atoms with van der Waals surface area (Å²) in [7, 11) is -8.81. The summed E-state index contributed by atoms with van der Waals surface area (Å²) in [5.41, 5.74) is 5.47. The van der Waals surface area contributed by atoms with Gasteiger partial charge in [-0.05, 0) is 53.3 Å². The molecule has 1 aromatic heterocycles. The monoisotopic (exact) mass is 580 g/mol. The van der Waals surface area contributed by atoms with E-state index in [9.17, 15) is 25.9 Å². The molecule has 0 aliphatic rings. The first-order chi connectivity index (χ1) is 18.6. The van der Waals surface area contributed by atoms with Crippen LogP contribution < -0.4 is 34.1 Å². The second-order valence-electron chi connectivity index (χ2n) is 9.15. The maximum Gasteiger partial charge on any atom is 1.00 e. The topological polar surface area (TPSA) is 126 Å². The van der Waals surface area contributed by atoms with Gasteiger partial charge >= 0.3 is 29.6 Å². The minimum Gasteiger partial charge on any atom is -0.282 e. The summed E-state index contributed by atoms with van der Waals surface area (Å²) >= 11 is 0. The Hall–Kier alpha value is -3.22. The first kappa shape index (κ1) is 28.3. The number of benzene rings is 5. The molecule has 0 unspecified atom stereocenters. The van der Waals surface area contributed by atoms with Crippen LogP contribution in [0.5, 0.6) is 0 Å². The molecular formula is C29H21N2NaO6S2+2. The molecule has 0 saturated carbocycles. The summed E-state index contributed by atoms with van der Waals surface area (Å²) in [6, 6.07) is 29.7. The first-order valence-corrected chi connectivity index (χ1v) is 14.8. The Morgan fingerprint density at radius 1 is 0.650 bits per heavy atom. The summed E-state index contributed by atoms with van der Waals surface area (Å²) in [4.78, 5) is 4.48. The van der Waals surface area contributed by atoms with Crippen molar-refractivity contribution in [3.05, 3.63) is 114 Å². The van der Waals surface area contributed by atoms with Crippen molar-refractivity contribution in [2.45, 2.75) is 16.2 Å². The van der Waals surface area contributed by atoms with Crippen LogP contribution in [0.15, 0.2) is 113 Å². The van der Waals surface area contributed by atoms with Gasteiger partial charge in [0.1, 0.15) is 11.0 Å². The van der Waals surface area contributed by atoms with Crippen molar-refractivity contribution < 1.29 is 60.1 Å². The number of fused-ring (bicyclic) bond motifs is 4. The minimum atomic E-state index is -4.47. The van der Waals surface area contributed by atoms with E-state index in [1.807, 2.05) is 60.7 Å². The predicted molar refractivity (Wildman–Crippen MR) is 147 cm³/mol. The molecule has 0 fully saturated rings. The minimum absolute atomic E-state index is 0. The molecule has 11 heteroatoms. The van der Waals surface area contributed by atoms with E-state index in [0.717, 1.165) is 33.4 Å². The van der Waals surface area contributed by atoms with E-state index in [-0.39, 0.29) is 39.3 Å². The van der Waals surface area contributed by atoms with Gasteiger partial charge in [-0.15, -0.1) is 4.57 Å². The van der Waals surface area contributed by atoms with Crippen LogP contribution in [0, 0.1) is 0 Å². The van der Waals surface area contributed by atoms with Gasteiger partial charge in [-0.1, -0.05) is 48.5 Å². The van der Waals surface area contributed by atoms with E-state index in [1.165, 1.54) is 24.3 Å². The molecule has 194 valence electrons. The molecule has 0 spiro atoms. The second-order valence-corrected chi connectivity index (χ2v) is 12.0. The Morgan fingerprint density at radius 2 is 1.27 bits per heavy atom. The van der Waals surface area contributed by atoms with Gasteiger partial charge in [0.05, 0.1) is 9.79 Å². The average Bonchev–Trinajstić information content (AvgIpc) is 2.91. The third-order valence-corrected chi connectivity index (χ3v) is 8.39. The van der Waals surface area contributed by atoms with Gasteiger partial charge in [-0.25, -0.2) is 4.98 Å². The second kappa shape index (κ2) is 10.6. The summed E-state index contributed by atoms with van der Waals surface area (Å²) in [6.07, 6.45) is 0.314. The Bertz CT molecular complexity index is 2140. The molecule has 0 aliphatic heterocycles. The average molecular weight is 581 g/mol. The Kier molecular flexibility index (Phi) is 7.53. The molecule has 6 aromatic rings. The van der Waals surface area contributed by atoms with Crippen LogP contribution in [-0.4, -0.2) is 30.9 Å². The Labute approximate surface area is 252 Å². The largest absolute Gasteiger partial charge is 1.00 e. The number of rotatable bonds is 5. The molecule has 1 heterocycles. The molecule has 5 aromatic carbocycles. The SMILES string of the molecule is O=S(=O)(O)c1ccc(Cc2cc3c(nc4ccccc4[n+]3-c3ccccc3)c3ccc(S(=O)(=O)O)cc23)cc1.[Na+]. The van der Waals surface area contributed by atoms with Crippen LogP contribution in [-0.2, 0) is 26.7 Å². The number of para-hydroxylation sites is 3. The molecule has 0 saturated heterocycles. The van der Waals surface area contributed by atoms with E-state index >= 15 is 0 Å². The van der Waals surface area contributed by atoms with Crippen molar-refractivity contribution in [1.82, 2.24) is 4.98 Å². The third-order valence-electron chi connectivity index (χ3n) is 6.67. The quantitative estimate of drug-likeness (QED) is 0.105. The maximum absolute atomic E-state index is 12.0. The molecule has 0 amide bonds. The van der Waals surface area contributed by atoms with Gasteiger partial charge in [-0.3, -0.25) is 9.11 Å². The van der Waals surface area contributed by atoms with Gasteiger partial charge in [0.25, 0.3) is 20.2 Å². The fraction of sp³-hybridized carbons (Fsp3) is 0.0345. The fourth-order valence-electron chi connectivity index (χ4n) is 4.89. The van der Waals surface area contributed by atoms with Crippen LogP contribution >= 0.6 is 0 Å². The van der Waals surface area contributed by atoms with Crippen LogP contribution in [0.1, 0.15) is 11.1 Å². The van der Waals surface area contributed by atoms with Gasteiger partial charge in [-0.2, -0.15) is 16.8 Å². The molecule has 0 aliphatic carbocycles. The number of hydrogen-bond donors (Lipinski definition) is 2. The van der Waals surface area contributed by atoms with Crippen molar-refractivity contribution in [3.63, 3.8) is 0 Å². The molecule has 6 rings (SSSR count). The van der Waals surface area contributed by atoms with Crippen molar-refractivity contribution >= 4 is 53.1 Å². The summed E-state index contributed by atoms with van der Waals surface area (Å²) in [6.45, 7) is 0. The van der Waals surface area contributed by atoms with Crippen molar-refractivity contribution in [2.24, 2.45) is 0 Å². The molecule has 0 bridgehead atoms. The molecule has 0 atom stereocenters. The van der Waals surface area contributed by atoms with E-state index in [0.29, 0.717) is 22.7 Å². The van der Waals surface area contributed by atoms with Gasteiger partial charge < -0.3 is 0 Å². The first-order valence-electron chi connectivity index (χ1n) is 11.9. The number of hydrogen-bond acceptors (Lipinski definition) is 5. The van der Waals surface area contributed by atoms with E-state index < -0.39 is 20.2 Å². The predicted octanol–water partition coefficient (Wildman–Crippen LogP) is 1.91. The van der Waals surface area contributed by atoms with Crippen LogP contribution in [0.4, 0.5) is 0 Å². The fourth-order valence-corrected chi connectivity index (χ4v) is 5.88. The molecule has 0 radical (unpaired) electrons. The van der Waals surface area contributed by atoms with E-state index in [4.69, 9.17) is 4.98 Å². The maximum atomic E-state index is 12.0. The third kappa shape index (κ3) is 5.27. The van der Waals surface area contributed by atoms with Crippen LogP contribution in [0.2, 0.25) is 0 Å². The Balaban J connectivity index is 0.00000323. The van der Waals surface area contributed by atoms with Crippen LogP contribution in [0.25, 0.3) is 38.5 Å². The van der Waals surface area contributed by atoms with Crippen molar-refractivity contribution in [2.75, 3.05) is 0 Å². The van der Waals surface area contributed by atoms with E-state index in [1.54, 1.807) is 18.2 Å². The zero-order valence-electron chi connectivity index (χ0n) is 21.3. The molecular weight excluding hydrogens is 559 g/mol. The Morgan fingerprint density at radius 3 is 1.95 bits per heavy atom. The van der Waals surface area contributed by atoms with Crippen LogP contribution in [0.3, 0.4) is 0 Å².